The van der Waals surface area contributed by atoms with E-state index in [1.54, 1.807) is 48.5 Å². The van der Waals surface area contributed by atoms with Crippen LogP contribution in [0.4, 0.5) is 0 Å². The summed E-state index contributed by atoms with van der Waals surface area (Å²) in [5.74, 6) is 0.177. The van der Waals surface area contributed by atoms with Crippen LogP contribution in [-0.2, 0) is 4.79 Å². The van der Waals surface area contributed by atoms with Crippen LogP contribution < -0.4 is 9.47 Å². The Morgan fingerprint density at radius 2 is 1.48 bits per heavy atom. The minimum absolute atomic E-state index is 0.258. The van der Waals surface area contributed by atoms with Crippen molar-refractivity contribution in [1.82, 2.24) is 4.90 Å². The van der Waals surface area contributed by atoms with Gasteiger partial charge in [-0.05, 0) is 42.8 Å². The van der Waals surface area contributed by atoms with Crippen LogP contribution >= 0.6 is 0 Å². The molecule has 0 aromatic heterocycles. The van der Waals surface area contributed by atoms with Crippen molar-refractivity contribution in [3.05, 3.63) is 59.7 Å². The first-order chi connectivity index (χ1) is 12.1. The van der Waals surface area contributed by atoms with Gasteiger partial charge in [0.2, 0.25) is 0 Å². The second kappa shape index (κ2) is 7.17. The molecule has 0 atom stereocenters. The van der Waals surface area contributed by atoms with Crippen LogP contribution in [0.15, 0.2) is 48.5 Å². The van der Waals surface area contributed by atoms with Gasteiger partial charge in [0.25, 0.3) is 11.8 Å². The topological polar surface area (TPSA) is 72.9 Å². The molecule has 2 aromatic rings. The van der Waals surface area contributed by atoms with E-state index in [1.165, 1.54) is 11.8 Å². The van der Waals surface area contributed by atoms with Crippen LogP contribution in [0.3, 0.4) is 0 Å². The first kappa shape index (κ1) is 16.7. The monoisotopic (exact) mass is 339 g/mol. The molecule has 2 amide bonds. The lowest BCUT2D eigenvalue weighted by atomic mass is 10.1. The van der Waals surface area contributed by atoms with Gasteiger partial charge in [0.1, 0.15) is 11.5 Å². The minimum atomic E-state index is -0.380. The summed E-state index contributed by atoms with van der Waals surface area (Å²) < 4.78 is 10.5. The predicted octanol–water partition coefficient (Wildman–Crippen LogP) is 2.68. The van der Waals surface area contributed by atoms with Gasteiger partial charge in [0.05, 0.1) is 17.7 Å². The number of hydrogen-bond donors (Lipinski definition) is 0. The van der Waals surface area contributed by atoms with Crippen LogP contribution in [0.2, 0.25) is 0 Å². The number of amides is 2. The Labute approximate surface area is 145 Å². The highest BCUT2D eigenvalue weighted by Crippen LogP contribution is 2.22. The Bertz CT molecular complexity index is 778. The van der Waals surface area contributed by atoms with Crippen molar-refractivity contribution in [3.63, 3.8) is 0 Å². The molecule has 1 aliphatic heterocycles. The predicted molar refractivity (Wildman–Crippen MR) is 89.7 cm³/mol. The molecule has 1 aliphatic rings. The summed E-state index contributed by atoms with van der Waals surface area (Å²) in [6.07, 6.45) is 0.525. The Kier molecular flexibility index (Phi) is 4.79. The van der Waals surface area contributed by atoms with E-state index >= 15 is 0 Å². The van der Waals surface area contributed by atoms with E-state index in [2.05, 4.69) is 0 Å². The van der Waals surface area contributed by atoms with Crippen LogP contribution in [0.5, 0.6) is 11.5 Å². The number of esters is 1. The van der Waals surface area contributed by atoms with Gasteiger partial charge in [-0.25, -0.2) is 0 Å². The summed E-state index contributed by atoms with van der Waals surface area (Å²) >= 11 is 0. The molecule has 0 fully saturated rings. The molecule has 0 aliphatic carbocycles. The highest BCUT2D eigenvalue weighted by atomic mass is 16.5. The lowest BCUT2D eigenvalue weighted by Gasteiger charge is -2.14. The normalized spacial score (nSPS) is 12.9. The number of fused-ring (bicyclic) bond motifs is 1. The molecule has 0 saturated heterocycles. The van der Waals surface area contributed by atoms with Gasteiger partial charge in [-0.2, -0.15) is 0 Å². The molecular weight excluding hydrogens is 322 g/mol. The molecule has 0 radical (unpaired) electrons. The fourth-order valence-electron chi connectivity index (χ4n) is 2.62. The summed E-state index contributed by atoms with van der Waals surface area (Å²) in [7, 11) is 0. The van der Waals surface area contributed by atoms with Gasteiger partial charge in [-0.1, -0.05) is 12.1 Å². The average molecular weight is 339 g/mol. The maximum atomic E-state index is 12.2. The number of ether oxygens (including phenoxy) is 2. The minimum Gasteiger partial charge on any atom is -0.494 e. The molecule has 0 unspecified atom stereocenters. The van der Waals surface area contributed by atoms with E-state index < -0.39 is 0 Å². The van der Waals surface area contributed by atoms with Crippen LogP contribution in [0, 0.1) is 0 Å². The zero-order valence-electron chi connectivity index (χ0n) is 13.7. The maximum absolute atomic E-state index is 12.2. The maximum Gasteiger partial charge on any atom is 0.308 e. The summed E-state index contributed by atoms with van der Waals surface area (Å²) in [5, 5.41) is 0. The van der Waals surface area contributed by atoms with Crippen molar-refractivity contribution in [2.45, 2.75) is 13.3 Å². The molecule has 2 aromatic carbocycles. The Morgan fingerprint density at radius 3 is 2.04 bits per heavy atom. The van der Waals surface area contributed by atoms with Crippen molar-refractivity contribution in [1.29, 1.82) is 0 Å². The summed E-state index contributed by atoms with van der Waals surface area (Å²) in [6.45, 7) is 2.00. The van der Waals surface area contributed by atoms with E-state index in [4.69, 9.17) is 9.47 Å². The fourth-order valence-corrected chi connectivity index (χ4v) is 2.62. The van der Waals surface area contributed by atoms with Crippen LogP contribution in [-0.4, -0.2) is 35.8 Å². The Morgan fingerprint density at radius 1 is 0.920 bits per heavy atom. The first-order valence-corrected chi connectivity index (χ1v) is 7.93. The van der Waals surface area contributed by atoms with Crippen LogP contribution in [0.25, 0.3) is 0 Å². The van der Waals surface area contributed by atoms with E-state index in [0.29, 0.717) is 42.2 Å². The number of carbonyl (C=O) groups excluding carboxylic acids is 3. The number of rotatable bonds is 6. The second-order valence-electron chi connectivity index (χ2n) is 5.57. The Balaban J connectivity index is 1.49. The third-order valence-electron chi connectivity index (χ3n) is 3.76. The summed E-state index contributed by atoms with van der Waals surface area (Å²) in [5.41, 5.74) is 0.906. The number of hydrogen-bond acceptors (Lipinski definition) is 5. The third-order valence-corrected chi connectivity index (χ3v) is 3.76. The van der Waals surface area contributed by atoms with Gasteiger partial charge in [0, 0.05) is 13.5 Å². The summed E-state index contributed by atoms with van der Waals surface area (Å²) in [6, 6.07) is 13.5. The van der Waals surface area contributed by atoms with Crippen molar-refractivity contribution >= 4 is 17.8 Å². The van der Waals surface area contributed by atoms with E-state index in [0.717, 1.165) is 0 Å². The first-order valence-electron chi connectivity index (χ1n) is 7.93. The van der Waals surface area contributed by atoms with Gasteiger partial charge in [0.15, 0.2) is 0 Å². The quantitative estimate of drug-likeness (QED) is 0.350. The van der Waals surface area contributed by atoms with E-state index in [1.807, 2.05) is 0 Å². The van der Waals surface area contributed by atoms with Gasteiger partial charge in [-0.3, -0.25) is 19.3 Å². The standard InChI is InChI=1S/C19H17NO5/c1-13(21)25-15-9-7-14(8-10-15)24-12-4-11-20-18(22)16-5-2-3-6-17(16)19(20)23/h2-3,5-10H,4,11-12H2,1H3. The van der Waals surface area contributed by atoms with Gasteiger partial charge in [-0.15, -0.1) is 0 Å². The van der Waals surface area contributed by atoms with Crippen molar-refractivity contribution < 1.29 is 23.9 Å². The Hall–Kier alpha value is -3.15. The molecule has 6 heteroatoms. The van der Waals surface area contributed by atoms with Crippen molar-refractivity contribution in [2.75, 3.05) is 13.2 Å². The molecule has 0 bridgehead atoms. The molecular formula is C19H17NO5. The van der Waals surface area contributed by atoms with E-state index in [9.17, 15) is 14.4 Å². The average Bonchev–Trinajstić information content (AvgIpc) is 2.84. The van der Waals surface area contributed by atoms with Crippen molar-refractivity contribution in [3.8, 4) is 11.5 Å². The molecule has 25 heavy (non-hydrogen) atoms. The van der Waals surface area contributed by atoms with Crippen molar-refractivity contribution in [2.24, 2.45) is 0 Å². The zero-order chi connectivity index (χ0) is 17.8. The lowest BCUT2D eigenvalue weighted by molar-refractivity contribution is -0.131. The van der Waals surface area contributed by atoms with Gasteiger partial charge >= 0.3 is 5.97 Å². The zero-order valence-corrected chi connectivity index (χ0v) is 13.7. The molecule has 128 valence electrons. The molecule has 0 spiro atoms. The smallest absolute Gasteiger partial charge is 0.308 e. The number of nitrogens with zero attached hydrogens (tertiary/aromatic N) is 1. The highest BCUT2D eigenvalue weighted by Gasteiger charge is 2.34. The number of imide groups is 1. The second-order valence-corrected chi connectivity index (χ2v) is 5.57. The van der Waals surface area contributed by atoms with E-state index in [-0.39, 0.29) is 17.8 Å². The molecule has 6 nitrogen and oxygen atoms in total. The molecule has 0 N–H and O–H groups in total. The largest absolute Gasteiger partial charge is 0.494 e. The lowest BCUT2D eigenvalue weighted by Crippen LogP contribution is -2.31. The number of carbonyl (C=O) groups is 3. The molecule has 1 heterocycles. The summed E-state index contributed by atoms with van der Waals surface area (Å²) in [4.78, 5) is 36.5. The fraction of sp³-hybridized carbons (Fsp3) is 0.211. The highest BCUT2D eigenvalue weighted by molar-refractivity contribution is 6.21. The van der Waals surface area contributed by atoms with Crippen LogP contribution in [0.1, 0.15) is 34.1 Å². The molecule has 0 saturated carbocycles. The SMILES string of the molecule is CC(=O)Oc1ccc(OCCCN2C(=O)c3ccccc3C2=O)cc1. The number of benzene rings is 2. The molecule has 3 rings (SSSR count). The third kappa shape index (κ3) is 3.68. The van der Waals surface area contributed by atoms with Gasteiger partial charge < -0.3 is 9.47 Å².